The number of nitrogens with zero attached hydrogens (tertiary/aromatic N) is 1. The molecular weight excluding hydrogens is 300 g/mol. The molecule has 2 aromatic carbocycles. The summed E-state index contributed by atoms with van der Waals surface area (Å²) in [7, 11) is 0. The maximum Gasteiger partial charge on any atom is 0.218 e. The number of fused-ring (bicyclic) bond motifs is 7. The quantitative estimate of drug-likeness (QED) is 0.567. The number of allylic oxidation sites excluding steroid dienone is 1. The predicted molar refractivity (Wildman–Crippen MR) is 96.2 cm³/mol. The summed E-state index contributed by atoms with van der Waals surface area (Å²) in [5.41, 5.74) is 5.35. The van der Waals surface area contributed by atoms with Crippen molar-refractivity contribution in [3.63, 3.8) is 0 Å². The largest absolute Gasteiger partial charge is 0.354 e. The zero-order valence-electron chi connectivity index (χ0n) is 12.9. The molecule has 116 valence electrons. The zero-order chi connectivity index (χ0) is 16.3. The van der Waals surface area contributed by atoms with E-state index in [1.54, 1.807) is 4.57 Å². The van der Waals surface area contributed by atoms with Crippen LogP contribution in [0.5, 0.6) is 0 Å². The molecule has 0 aliphatic heterocycles. The van der Waals surface area contributed by atoms with Gasteiger partial charge in [-0.15, -0.1) is 0 Å². The molecule has 4 nitrogen and oxygen atoms in total. The van der Waals surface area contributed by atoms with E-state index in [-0.39, 0.29) is 0 Å². The summed E-state index contributed by atoms with van der Waals surface area (Å²) in [6.07, 6.45) is 7.72. The van der Waals surface area contributed by atoms with Crippen LogP contribution in [-0.2, 0) is 11.2 Å². The van der Waals surface area contributed by atoms with Gasteiger partial charge in [-0.2, -0.15) is 0 Å². The lowest BCUT2D eigenvalue weighted by Gasteiger charge is -2.06. The number of carbonyl (C=O) groups excluding carboxylic acids is 2. The van der Waals surface area contributed by atoms with Crippen molar-refractivity contribution in [2.24, 2.45) is 0 Å². The van der Waals surface area contributed by atoms with Crippen molar-refractivity contribution >= 4 is 51.5 Å². The van der Waals surface area contributed by atoms with Gasteiger partial charge in [-0.3, -0.25) is 14.2 Å². The first-order valence-electron chi connectivity index (χ1n) is 8.00. The fourth-order valence-electron chi connectivity index (χ4n) is 3.98. The van der Waals surface area contributed by atoms with Crippen LogP contribution in [0, 0.1) is 0 Å². The third-order valence-corrected chi connectivity index (χ3v) is 4.98. The van der Waals surface area contributed by atoms with E-state index in [1.807, 2.05) is 30.3 Å². The molecule has 4 heteroatoms. The highest BCUT2D eigenvalue weighted by molar-refractivity contribution is 6.24. The summed E-state index contributed by atoms with van der Waals surface area (Å²) in [6, 6.07) is 9.85. The number of hydrogen-bond donors (Lipinski definition) is 1. The van der Waals surface area contributed by atoms with Crippen LogP contribution < -0.4 is 0 Å². The molecule has 0 atom stereocenters. The number of aldehydes is 1. The highest BCUT2D eigenvalue weighted by Gasteiger charge is 2.22. The van der Waals surface area contributed by atoms with Gasteiger partial charge in [0.2, 0.25) is 6.41 Å². The Bertz CT molecular complexity index is 1190. The lowest BCUT2D eigenvalue weighted by molar-refractivity contribution is 0.112. The molecule has 0 amide bonds. The summed E-state index contributed by atoms with van der Waals surface area (Å²) in [4.78, 5) is 26.9. The van der Waals surface area contributed by atoms with E-state index < -0.39 is 0 Å². The molecule has 5 rings (SSSR count). The first-order chi connectivity index (χ1) is 11.8. The van der Waals surface area contributed by atoms with Crippen LogP contribution in [0.2, 0.25) is 0 Å². The van der Waals surface area contributed by atoms with Gasteiger partial charge in [0.15, 0.2) is 6.29 Å². The Morgan fingerprint density at radius 3 is 2.83 bits per heavy atom. The minimum Gasteiger partial charge on any atom is -0.354 e. The van der Waals surface area contributed by atoms with Crippen molar-refractivity contribution in [1.29, 1.82) is 0 Å². The molecule has 1 aliphatic carbocycles. The van der Waals surface area contributed by atoms with Crippen LogP contribution in [0.1, 0.15) is 28.0 Å². The fraction of sp³-hybridized carbons (Fsp3) is 0.100. The summed E-state index contributed by atoms with van der Waals surface area (Å²) in [6.45, 7) is 0. The van der Waals surface area contributed by atoms with Gasteiger partial charge >= 0.3 is 0 Å². The van der Waals surface area contributed by atoms with Gasteiger partial charge in [-0.05, 0) is 25.0 Å². The number of nitrogens with one attached hydrogen (secondary N) is 1. The molecule has 1 N–H and O–H groups in total. The topological polar surface area (TPSA) is 54.9 Å². The Morgan fingerprint density at radius 2 is 2.00 bits per heavy atom. The second-order valence-electron chi connectivity index (χ2n) is 6.18. The average Bonchev–Trinajstić information content (AvgIpc) is 3.16. The molecule has 2 heterocycles. The Balaban J connectivity index is 2.14. The van der Waals surface area contributed by atoms with Crippen molar-refractivity contribution in [1.82, 2.24) is 9.55 Å². The van der Waals surface area contributed by atoms with Crippen LogP contribution in [0.3, 0.4) is 0 Å². The summed E-state index contributed by atoms with van der Waals surface area (Å²) < 4.78 is 1.76. The van der Waals surface area contributed by atoms with Crippen LogP contribution in [0.4, 0.5) is 0 Å². The molecule has 0 unspecified atom stereocenters. The second kappa shape index (κ2) is 4.68. The number of aromatic nitrogens is 2. The first-order valence-corrected chi connectivity index (χ1v) is 8.00. The lowest BCUT2D eigenvalue weighted by atomic mass is 9.99. The van der Waals surface area contributed by atoms with E-state index in [1.165, 1.54) is 0 Å². The van der Waals surface area contributed by atoms with E-state index in [0.717, 1.165) is 69.5 Å². The minimum atomic E-state index is 0.624. The molecule has 4 aromatic rings. The number of rotatable bonds is 2. The smallest absolute Gasteiger partial charge is 0.218 e. The molecule has 24 heavy (non-hydrogen) atoms. The lowest BCUT2D eigenvalue weighted by Crippen LogP contribution is -2.03. The van der Waals surface area contributed by atoms with Gasteiger partial charge in [0, 0.05) is 38.5 Å². The minimum absolute atomic E-state index is 0.624. The Kier molecular flexibility index (Phi) is 2.59. The van der Waals surface area contributed by atoms with Crippen LogP contribution in [0.25, 0.3) is 38.8 Å². The van der Waals surface area contributed by atoms with Gasteiger partial charge in [0.1, 0.15) is 0 Å². The second-order valence-corrected chi connectivity index (χ2v) is 6.18. The third-order valence-electron chi connectivity index (χ3n) is 4.98. The van der Waals surface area contributed by atoms with Gasteiger partial charge in [-0.1, -0.05) is 30.4 Å². The SMILES string of the molecule is O=Cc1cc2c3c(n(C=O)c2c2c1[nH]c1ccccc12)CCC=C3. The number of carbonyl (C=O) groups is 2. The molecule has 0 fully saturated rings. The predicted octanol–water partition coefficient (Wildman–Crippen LogP) is 4.09. The normalized spacial score (nSPS) is 13.7. The summed E-state index contributed by atoms with van der Waals surface area (Å²) in [5.74, 6) is 0. The van der Waals surface area contributed by atoms with Gasteiger partial charge in [0.05, 0.1) is 11.0 Å². The molecule has 0 radical (unpaired) electrons. The summed E-state index contributed by atoms with van der Waals surface area (Å²) >= 11 is 0. The first kappa shape index (κ1) is 13.3. The molecule has 2 aromatic heterocycles. The van der Waals surface area contributed by atoms with Gasteiger partial charge < -0.3 is 4.98 Å². The van der Waals surface area contributed by atoms with Crippen molar-refractivity contribution in [3.8, 4) is 0 Å². The van der Waals surface area contributed by atoms with Crippen molar-refractivity contribution < 1.29 is 9.59 Å². The zero-order valence-corrected chi connectivity index (χ0v) is 12.9. The molecule has 1 aliphatic rings. The number of aromatic amines is 1. The Labute approximate surface area is 137 Å². The van der Waals surface area contributed by atoms with Crippen LogP contribution in [0.15, 0.2) is 36.4 Å². The fourth-order valence-corrected chi connectivity index (χ4v) is 3.98. The van der Waals surface area contributed by atoms with Crippen molar-refractivity contribution in [3.05, 3.63) is 53.2 Å². The highest BCUT2D eigenvalue weighted by Crippen LogP contribution is 2.39. The van der Waals surface area contributed by atoms with E-state index in [2.05, 4.69) is 17.1 Å². The van der Waals surface area contributed by atoms with Gasteiger partial charge in [0.25, 0.3) is 0 Å². The highest BCUT2D eigenvalue weighted by atomic mass is 16.1. The van der Waals surface area contributed by atoms with E-state index in [9.17, 15) is 9.59 Å². The van der Waals surface area contributed by atoms with Crippen molar-refractivity contribution in [2.45, 2.75) is 12.8 Å². The number of benzene rings is 2. The van der Waals surface area contributed by atoms with Crippen molar-refractivity contribution in [2.75, 3.05) is 0 Å². The summed E-state index contributed by atoms with van der Waals surface area (Å²) in [5, 5.41) is 2.94. The number of hydrogen-bond acceptors (Lipinski definition) is 2. The number of para-hydroxylation sites is 1. The van der Waals surface area contributed by atoms with Crippen LogP contribution >= 0.6 is 0 Å². The maximum atomic E-state index is 11.9. The monoisotopic (exact) mass is 314 g/mol. The maximum absolute atomic E-state index is 11.9. The third kappa shape index (κ3) is 1.52. The standard InChI is InChI=1S/C20H14N2O2/c23-10-12-9-15-13-5-2-4-8-17(13)22(11-24)20(15)18-14-6-1-3-7-16(14)21-19(12)18/h1-3,5-7,9-11,21H,4,8H2. The van der Waals surface area contributed by atoms with E-state index >= 15 is 0 Å². The Hall–Kier alpha value is -3.14. The van der Waals surface area contributed by atoms with Crippen LogP contribution in [-0.4, -0.2) is 22.2 Å². The molecule has 0 saturated heterocycles. The Morgan fingerprint density at radius 1 is 1.12 bits per heavy atom. The van der Waals surface area contributed by atoms with E-state index in [4.69, 9.17) is 0 Å². The molecule has 0 spiro atoms. The molecule has 0 bridgehead atoms. The average molecular weight is 314 g/mol. The van der Waals surface area contributed by atoms with Gasteiger partial charge in [-0.25, -0.2) is 0 Å². The number of H-pyrrole nitrogens is 1. The van der Waals surface area contributed by atoms with E-state index in [0.29, 0.717) is 5.56 Å². The molecule has 0 saturated carbocycles. The molecular formula is C20H14N2O2.